The first-order valence-electron chi connectivity index (χ1n) is 9.43. The van der Waals surface area contributed by atoms with Crippen LogP contribution in [0, 0.1) is 29.0 Å². The number of ether oxygens (including phenoxy) is 2. The molecule has 1 aliphatic heterocycles. The average Bonchev–Trinajstić information content (AvgIpc) is 2.77. The second kappa shape index (κ2) is 9.65. The molecular formula is C23H22FNO4. The molecule has 2 aromatic rings. The zero-order chi connectivity index (χ0) is 20.7. The van der Waals surface area contributed by atoms with Crippen molar-refractivity contribution in [3.8, 4) is 17.9 Å². The van der Waals surface area contributed by atoms with Gasteiger partial charge in [-0.2, -0.15) is 5.26 Å². The van der Waals surface area contributed by atoms with Crippen molar-refractivity contribution in [1.82, 2.24) is 0 Å². The van der Waals surface area contributed by atoms with Gasteiger partial charge in [-0.25, -0.2) is 4.39 Å². The first kappa shape index (κ1) is 21.0. The van der Waals surface area contributed by atoms with Crippen LogP contribution in [0.2, 0.25) is 0 Å². The number of aliphatic hydroxyl groups excluding tert-OH is 1. The Morgan fingerprint density at radius 2 is 2.00 bits per heavy atom. The number of nitrogens with zero attached hydrogens (tertiary/aromatic N) is 1. The number of nitriles is 1. The number of rotatable bonds is 5. The third-order valence-electron chi connectivity index (χ3n) is 4.81. The van der Waals surface area contributed by atoms with E-state index in [9.17, 15) is 14.6 Å². The van der Waals surface area contributed by atoms with Gasteiger partial charge in [-0.1, -0.05) is 30.0 Å². The maximum Gasteiger partial charge on any atom is 0.177 e. The molecule has 3 rings (SSSR count). The lowest BCUT2D eigenvalue weighted by atomic mass is 9.83. The molecule has 2 N–H and O–H groups in total. The third-order valence-corrected chi connectivity index (χ3v) is 4.81. The molecule has 0 saturated carbocycles. The molecule has 0 aromatic heterocycles. The standard InChI is InChI=1S/C23H22FNO4/c24-20-8-6-19(7-9-20)23(27,11-3-13-29-22-4-1-2-12-28-22)21-10-5-17(15-25)14-18(21)16-26/h5-10,14,22,26-27H,1-2,4,12-13,16H2. The van der Waals surface area contributed by atoms with Gasteiger partial charge < -0.3 is 19.7 Å². The van der Waals surface area contributed by atoms with E-state index in [4.69, 9.17) is 14.7 Å². The summed E-state index contributed by atoms with van der Waals surface area (Å²) in [6, 6.07) is 11.9. The van der Waals surface area contributed by atoms with Gasteiger partial charge in [0.1, 0.15) is 12.4 Å². The number of benzene rings is 2. The quantitative estimate of drug-likeness (QED) is 0.761. The maximum absolute atomic E-state index is 13.4. The Balaban J connectivity index is 1.94. The molecule has 1 saturated heterocycles. The van der Waals surface area contributed by atoms with Crippen molar-refractivity contribution in [2.75, 3.05) is 13.2 Å². The van der Waals surface area contributed by atoms with Gasteiger partial charge in [0, 0.05) is 17.7 Å². The van der Waals surface area contributed by atoms with Crippen molar-refractivity contribution in [1.29, 1.82) is 5.26 Å². The van der Waals surface area contributed by atoms with Gasteiger partial charge in [0.05, 0.1) is 18.2 Å². The number of halogens is 1. The Bertz CT molecular complexity index is 936. The predicted molar refractivity (Wildman–Crippen MR) is 104 cm³/mol. The fourth-order valence-corrected chi connectivity index (χ4v) is 3.27. The van der Waals surface area contributed by atoms with Crippen LogP contribution in [0.15, 0.2) is 42.5 Å². The van der Waals surface area contributed by atoms with Crippen LogP contribution < -0.4 is 0 Å². The van der Waals surface area contributed by atoms with Crippen LogP contribution in [-0.4, -0.2) is 29.7 Å². The van der Waals surface area contributed by atoms with E-state index in [2.05, 4.69) is 11.8 Å². The second-order valence-corrected chi connectivity index (χ2v) is 6.77. The fraction of sp³-hybridized carbons (Fsp3) is 0.348. The molecule has 2 aromatic carbocycles. The molecule has 1 aliphatic rings. The first-order valence-corrected chi connectivity index (χ1v) is 9.43. The molecule has 0 radical (unpaired) electrons. The van der Waals surface area contributed by atoms with E-state index in [0.717, 1.165) is 19.3 Å². The van der Waals surface area contributed by atoms with Crippen LogP contribution >= 0.6 is 0 Å². The molecule has 5 nitrogen and oxygen atoms in total. The molecule has 0 spiro atoms. The Morgan fingerprint density at radius 3 is 2.66 bits per heavy atom. The summed E-state index contributed by atoms with van der Waals surface area (Å²) >= 11 is 0. The average molecular weight is 395 g/mol. The van der Waals surface area contributed by atoms with Crippen molar-refractivity contribution in [2.45, 2.75) is 37.8 Å². The zero-order valence-electron chi connectivity index (χ0n) is 15.9. The normalized spacial score (nSPS) is 18.2. The van der Waals surface area contributed by atoms with Crippen LogP contribution in [0.25, 0.3) is 0 Å². The Labute approximate surface area is 169 Å². The summed E-state index contributed by atoms with van der Waals surface area (Å²) in [4.78, 5) is 0. The van der Waals surface area contributed by atoms with E-state index in [-0.39, 0.29) is 19.5 Å². The lowest BCUT2D eigenvalue weighted by molar-refractivity contribution is -0.154. The third kappa shape index (κ3) is 5.00. The summed E-state index contributed by atoms with van der Waals surface area (Å²) in [6.45, 7) is 0.323. The van der Waals surface area contributed by atoms with E-state index in [1.54, 1.807) is 6.07 Å². The van der Waals surface area contributed by atoms with Crippen molar-refractivity contribution in [3.63, 3.8) is 0 Å². The van der Waals surface area contributed by atoms with E-state index in [1.807, 2.05) is 6.07 Å². The molecule has 0 amide bonds. The van der Waals surface area contributed by atoms with Crippen molar-refractivity contribution in [2.24, 2.45) is 0 Å². The predicted octanol–water partition coefficient (Wildman–Crippen LogP) is 2.97. The smallest absolute Gasteiger partial charge is 0.177 e. The summed E-state index contributed by atoms with van der Waals surface area (Å²) in [5.74, 6) is 5.19. The highest BCUT2D eigenvalue weighted by Crippen LogP contribution is 2.32. The largest absolute Gasteiger partial charge is 0.392 e. The number of hydrogen-bond acceptors (Lipinski definition) is 5. The van der Waals surface area contributed by atoms with Crippen LogP contribution in [-0.2, 0) is 21.7 Å². The fourth-order valence-electron chi connectivity index (χ4n) is 3.27. The summed E-state index contributed by atoms with van der Waals surface area (Å²) in [6.07, 6.45) is 2.54. The summed E-state index contributed by atoms with van der Waals surface area (Å²) in [5, 5.41) is 30.3. The second-order valence-electron chi connectivity index (χ2n) is 6.77. The molecule has 150 valence electrons. The van der Waals surface area contributed by atoms with Gasteiger partial charge in [-0.3, -0.25) is 0 Å². The van der Waals surface area contributed by atoms with Crippen LogP contribution in [0.5, 0.6) is 0 Å². The van der Waals surface area contributed by atoms with E-state index in [1.165, 1.54) is 36.4 Å². The molecule has 2 unspecified atom stereocenters. The molecule has 1 heterocycles. The monoisotopic (exact) mass is 395 g/mol. The van der Waals surface area contributed by atoms with Gasteiger partial charge in [0.15, 0.2) is 11.9 Å². The molecule has 0 bridgehead atoms. The minimum atomic E-state index is -1.81. The van der Waals surface area contributed by atoms with Crippen LogP contribution in [0.1, 0.15) is 41.5 Å². The summed E-state index contributed by atoms with van der Waals surface area (Å²) < 4.78 is 24.5. The molecule has 6 heteroatoms. The minimum Gasteiger partial charge on any atom is -0.392 e. The summed E-state index contributed by atoms with van der Waals surface area (Å²) in [5.41, 5.74) is -0.422. The maximum atomic E-state index is 13.4. The molecule has 0 aliphatic carbocycles. The lowest BCUT2D eigenvalue weighted by Crippen LogP contribution is -2.27. The van der Waals surface area contributed by atoms with Gasteiger partial charge in [-0.05, 0) is 49.1 Å². The van der Waals surface area contributed by atoms with E-state index < -0.39 is 11.4 Å². The highest BCUT2D eigenvalue weighted by Gasteiger charge is 2.32. The molecule has 1 fully saturated rings. The highest BCUT2D eigenvalue weighted by atomic mass is 19.1. The Morgan fingerprint density at radius 1 is 1.21 bits per heavy atom. The van der Waals surface area contributed by atoms with E-state index in [0.29, 0.717) is 28.9 Å². The highest BCUT2D eigenvalue weighted by molar-refractivity contribution is 5.50. The Hall–Kier alpha value is -2.74. The zero-order valence-corrected chi connectivity index (χ0v) is 15.9. The van der Waals surface area contributed by atoms with Crippen molar-refractivity contribution in [3.05, 3.63) is 70.5 Å². The van der Waals surface area contributed by atoms with Crippen LogP contribution in [0.3, 0.4) is 0 Å². The summed E-state index contributed by atoms with van der Waals surface area (Å²) in [7, 11) is 0. The van der Waals surface area contributed by atoms with Gasteiger partial charge in [0.25, 0.3) is 0 Å². The molecule has 2 atom stereocenters. The van der Waals surface area contributed by atoms with Gasteiger partial charge in [0.2, 0.25) is 0 Å². The molecule has 29 heavy (non-hydrogen) atoms. The van der Waals surface area contributed by atoms with Crippen LogP contribution in [0.4, 0.5) is 4.39 Å². The number of aliphatic hydroxyl groups is 2. The van der Waals surface area contributed by atoms with E-state index >= 15 is 0 Å². The lowest BCUT2D eigenvalue weighted by Gasteiger charge is -2.26. The van der Waals surface area contributed by atoms with Gasteiger partial charge >= 0.3 is 0 Å². The van der Waals surface area contributed by atoms with Crippen molar-refractivity contribution >= 4 is 0 Å². The SMILES string of the molecule is N#Cc1ccc(C(O)(C#CCOC2CCCCO2)c2ccc(F)cc2)c(CO)c1. The molecular weight excluding hydrogens is 373 g/mol. The van der Waals surface area contributed by atoms with Gasteiger partial charge in [-0.15, -0.1) is 0 Å². The Kier molecular flexibility index (Phi) is 6.98. The number of hydrogen-bond donors (Lipinski definition) is 2. The topological polar surface area (TPSA) is 82.7 Å². The van der Waals surface area contributed by atoms with Crippen molar-refractivity contribution < 1.29 is 24.1 Å². The minimum absolute atomic E-state index is 0.0545. The first-order chi connectivity index (χ1) is 14.1.